The third-order valence-corrected chi connectivity index (χ3v) is 2.69. The van der Waals surface area contributed by atoms with Crippen LogP contribution in [0.15, 0.2) is 36.8 Å². The summed E-state index contributed by atoms with van der Waals surface area (Å²) in [5.74, 6) is -0.190. The molecule has 0 atom stereocenters. The van der Waals surface area contributed by atoms with Crippen molar-refractivity contribution in [1.29, 1.82) is 0 Å². The zero-order valence-electron chi connectivity index (χ0n) is 9.71. The average Bonchev–Trinajstić information content (AvgIpc) is 2.97. The Kier molecular flexibility index (Phi) is 2.33. The van der Waals surface area contributed by atoms with Gasteiger partial charge in [-0.05, 0) is 6.07 Å². The molecule has 18 heavy (non-hydrogen) atoms. The van der Waals surface area contributed by atoms with Gasteiger partial charge in [-0.25, -0.2) is 0 Å². The van der Waals surface area contributed by atoms with Gasteiger partial charge < -0.3 is 5.32 Å². The third kappa shape index (κ3) is 1.73. The van der Waals surface area contributed by atoms with Crippen LogP contribution in [0.4, 0.5) is 5.69 Å². The molecule has 1 amide bonds. The predicted molar refractivity (Wildman–Crippen MR) is 67.3 cm³/mol. The fourth-order valence-corrected chi connectivity index (χ4v) is 1.81. The van der Waals surface area contributed by atoms with E-state index in [2.05, 4.69) is 20.6 Å². The topological polar surface area (TPSA) is 75.6 Å². The molecule has 1 aromatic carbocycles. The second-order valence-corrected chi connectivity index (χ2v) is 4.00. The van der Waals surface area contributed by atoms with Crippen LogP contribution in [0, 0.1) is 0 Å². The molecule has 90 valence electrons. The van der Waals surface area contributed by atoms with E-state index >= 15 is 0 Å². The summed E-state index contributed by atoms with van der Waals surface area (Å²) < 4.78 is 1.59. The quantitative estimate of drug-likeness (QED) is 0.714. The zero-order chi connectivity index (χ0) is 12.5. The number of fused-ring (bicyclic) bond motifs is 1. The molecule has 3 rings (SSSR count). The van der Waals surface area contributed by atoms with Crippen molar-refractivity contribution in [3.05, 3.63) is 42.4 Å². The molecule has 2 aromatic heterocycles. The second kappa shape index (κ2) is 3.99. The van der Waals surface area contributed by atoms with Gasteiger partial charge >= 0.3 is 0 Å². The number of para-hydroxylation sites is 1. The number of nitrogens with one attached hydrogen (secondary N) is 2. The van der Waals surface area contributed by atoms with Crippen molar-refractivity contribution in [1.82, 2.24) is 20.0 Å². The minimum absolute atomic E-state index is 0.190. The van der Waals surface area contributed by atoms with E-state index in [1.807, 2.05) is 18.2 Å². The Bertz CT molecular complexity index is 712. The Balaban J connectivity index is 1.92. The number of amides is 1. The van der Waals surface area contributed by atoms with Crippen molar-refractivity contribution < 1.29 is 4.79 Å². The molecule has 0 saturated carbocycles. The summed E-state index contributed by atoms with van der Waals surface area (Å²) in [6.45, 7) is 0. The first-order chi connectivity index (χ1) is 8.74. The van der Waals surface area contributed by atoms with E-state index in [0.717, 1.165) is 10.9 Å². The number of aryl methyl sites for hydroxylation is 1. The van der Waals surface area contributed by atoms with Gasteiger partial charge in [-0.2, -0.15) is 10.2 Å². The summed E-state index contributed by atoms with van der Waals surface area (Å²) in [6.07, 6.45) is 4.92. The van der Waals surface area contributed by atoms with Crippen molar-refractivity contribution in [2.75, 3.05) is 5.32 Å². The van der Waals surface area contributed by atoms with Gasteiger partial charge in [0.1, 0.15) is 0 Å². The fraction of sp³-hybridized carbons (Fsp3) is 0.0833. The first kappa shape index (κ1) is 10.5. The Labute approximate surface area is 103 Å². The number of anilines is 1. The first-order valence-corrected chi connectivity index (χ1v) is 5.46. The molecule has 0 spiro atoms. The van der Waals surface area contributed by atoms with E-state index in [9.17, 15) is 4.79 Å². The SMILES string of the molecule is Cn1cc(C(=O)Nc2cccc3cn[nH]c23)cn1. The highest BCUT2D eigenvalue weighted by molar-refractivity contribution is 6.07. The second-order valence-electron chi connectivity index (χ2n) is 4.00. The van der Waals surface area contributed by atoms with Crippen LogP contribution in [0.2, 0.25) is 0 Å². The Morgan fingerprint density at radius 2 is 2.28 bits per heavy atom. The number of nitrogens with zero attached hydrogens (tertiary/aromatic N) is 3. The van der Waals surface area contributed by atoms with E-state index in [4.69, 9.17) is 0 Å². The van der Waals surface area contributed by atoms with Crippen molar-refractivity contribution in [3.8, 4) is 0 Å². The number of carbonyl (C=O) groups is 1. The molecule has 0 aliphatic heterocycles. The molecule has 0 saturated heterocycles. The maximum Gasteiger partial charge on any atom is 0.258 e. The van der Waals surface area contributed by atoms with Gasteiger partial charge in [0, 0.05) is 18.6 Å². The number of carbonyl (C=O) groups excluding carboxylic acids is 1. The van der Waals surface area contributed by atoms with Gasteiger partial charge in [0.15, 0.2) is 0 Å². The molecule has 0 aliphatic carbocycles. The lowest BCUT2D eigenvalue weighted by atomic mass is 10.2. The van der Waals surface area contributed by atoms with E-state index < -0.39 is 0 Å². The number of H-pyrrole nitrogens is 1. The minimum atomic E-state index is -0.190. The molecule has 2 N–H and O–H groups in total. The summed E-state index contributed by atoms with van der Waals surface area (Å²) in [7, 11) is 1.77. The molecule has 0 fully saturated rings. The van der Waals surface area contributed by atoms with E-state index in [0.29, 0.717) is 11.3 Å². The number of hydrogen-bond acceptors (Lipinski definition) is 3. The smallest absolute Gasteiger partial charge is 0.258 e. The minimum Gasteiger partial charge on any atom is -0.320 e. The van der Waals surface area contributed by atoms with E-state index in [-0.39, 0.29) is 5.91 Å². The first-order valence-electron chi connectivity index (χ1n) is 5.46. The summed E-state index contributed by atoms with van der Waals surface area (Å²) >= 11 is 0. The lowest BCUT2D eigenvalue weighted by Crippen LogP contribution is -2.11. The number of rotatable bonds is 2. The number of benzene rings is 1. The lowest BCUT2D eigenvalue weighted by Gasteiger charge is -2.04. The molecular weight excluding hydrogens is 230 g/mol. The molecule has 0 bridgehead atoms. The maximum absolute atomic E-state index is 12.0. The van der Waals surface area contributed by atoms with Crippen LogP contribution in [-0.2, 0) is 7.05 Å². The van der Waals surface area contributed by atoms with Crippen molar-refractivity contribution in [2.45, 2.75) is 0 Å². The summed E-state index contributed by atoms with van der Waals surface area (Å²) in [6, 6.07) is 5.63. The largest absolute Gasteiger partial charge is 0.320 e. The predicted octanol–water partition coefficient (Wildman–Crippen LogP) is 1.55. The maximum atomic E-state index is 12.0. The van der Waals surface area contributed by atoms with Crippen molar-refractivity contribution in [2.24, 2.45) is 7.05 Å². The Morgan fingerprint density at radius 3 is 3.06 bits per heavy atom. The van der Waals surface area contributed by atoms with Crippen molar-refractivity contribution >= 4 is 22.5 Å². The molecule has 6 nitrogen and oxygen atoms in total. The molecule has 2 heterocycles. The van der Waals surface area contributed by atoms with Gasteiger partial charge in [-0.3, -0.25) is 14.6 Å². The van der Waals surface area contributed by atoms with Gasteiger partial charge in [-0.1, -0.05) is 12.1 Å². The highest BCUT2D eigenvalue weighted by atomic mass is 16.1. The van der Waals surface area contributed by atoms with Crippen LogP contribution in [0.1, 0.15) is 10.4 Å². The average molecular weight is 241 g/mol. The molecular formula is C12H11N5O. The summed E-state index contributed by atoms with van der Waals surface area (Å²) in [5.41, 5.74) is 2.04. The Morgan fingerprint density at radius 1 is 1.39 bits per heavy atom. The summed E-state index contributed by atoms with van der Waals surface area (Å²) in [5, 5.41) is 14.6. The van der Waals surface area contributed by atoms with E-state index in [1.54, 1.807) is 24.1 Å². The van der Waals surface area contributed by atoms with Gasteiger partial charge in [0.25, 0.3) is 5.91 Å². The molecule has 6 heteroatoms. The summed E-state index contributed by atoms with van der Waals surface area (Å²) in [4.78, 5) is 12.0. The highest BCUT2D eigenvalue weighted by Gasteiger charge is 2.10. The highest BCUT2D eigenvalue weighted by Crippen LogP contribution is 2.20. The van der Waals surface area contributed by atoms with Gasteiger partial charge in [0.05, 0.1) is 29.2 Å². The number of aromatic nitrogens is 4. The van der Waals surface area contributed by atoms with E-state index in [1.165, 1.54) is 6.20 Å². The normalized spacial score (nSPS) is 10.7. The van der Waals surface area contributed by atoms with Crippen LogP contribution in [0.3, 0.4) is 0 Å². The monoisotopic (exact) mass is 241 g/mol. The molecule has 0 aliphatic rings. The van der Waals surface area contributed by atoms with Crippen LogP contribution in [0.25, 0.3) is 10.9 Å². The Hall–Kier alpha value is -2.63. The van der Waals surface area contributed by atoms with Gasteiger partial charge in [0.2, 0.25) is 0 Å². The zero-order valence-corrected chi connectivity index (χ0v) is 9.71. The van der Waals surface area contributed by atoms with Gasteiger partial charge in [-0.15, -0.1) is 0 Å². The third-order valence-electron chi connectivity index (χ3n) is 2.69. The molecule has 3 aromatic rings. The fourth-order valence-electron chi connectivity index (χ4n) is 1.81. The van der Waals surface area contributed by atoms with Crippen molar-refractivity contribution in [3.63, 3.8) is 0 Å². The van der Waals surface area contributed by atoms with Crippen LogP contribution in [0.5, 0.6) is 0 Å². The standard InChI is InChI=1S/C12H11N5O/c1-17-7-9(6-14-17)12(18)15-10-4-2-3-8-5-13-16-11(8)10/h2-7H,1H3,(H,13,16)(H,15,18). The lowest BCUT2D eigenvalue weighted by molar-refractivity contribution is 0.102. The van der Waals surface area contributed by atoms with Crippen LogP contribution in [-0.4, -0.2) is 25.9 Å². The molecule has 0 unspecified atom stereocenters. The van der Waals surface area contributed by atoms with Crippen LogP contribution >= 0.6 is 0 Å². The molecule has 0 radical (unpaired) electrons. The van der Waals surface area contributed by atoms with Crippen LogP contribution < -0.4 is 5.32 Å². The number of aromatic amines is 1. The number of hydrogen-bond donors (Lipinski definition) is 2.